The number of fused-ring (bicyclic) bond motifs is 1. The molecule has 1 amide bonds. The number of nitrogens with one attached hydrogen (secondary N) is 2. The lowest BCUT2D eigenvalue weighted by Crippen LogP contribution is -2.34. The van der Waals surface area contributed by atoms with E-state index in [-0.39, 0.29) is 21.5 Å². The van der Waals surface area contributed by atoms with Gasteiger partial charge in [0.1, 0.15) is 5.82 Å². The van der Waals surface area contributed by atoms with Crippen LogP contribution < -0.4 is 15.5 Å². The van der Waals surface area contributed by atoms with Crippen LogP contribution in [0.3, 0.4) is 0 Å². The molecule has 0 spiro atoms. The molecule has 0 unspecified atom stereocenters. The molecule has 0 bridgehead atoms. The third kappa shape index (κ3) is 5.62. The van der Waals surface area contributed by atoms with Crippen molar-refractivity contribution < 1.29 is 4.79 Å². The Morgan fingerprint density at radius 1 is 1.03 bits per heavy atom. The molecule has 0 aliphatic heterocycles. The smallest absolute Gasteiger partial charge is 0.254 e. The molecule has 1 aliphatic carbocycles. The molecule has 9 heteroatoms. The van der Waals surface area contributed by atoms with Crippen molar-refractivity contribution in [3.63, 3.8) is 0 Å². The number of halogens is 3. The van der Waals surface area contributed by atoms with Gasteiger partial charge in [-0.05, 0) is 55.9 Å². The van der Waals surface area contributed by atoms with Gasteiger partial charge in [-0.1, -0.05) is 46.9 Å². The molecule has 174 valence electrons. The zero-order valence-electron chi connectivity index (χ0n) is 18.5. The summed E-state index contributed by atoms with van der Waals surface area (Å²) in [5.41, 5.74) is 1.19. The third-order valence-corrected chi connectivity index (χ3v) is 6.79. The fraction of sp³-hybridized carbons (Fsp3) is 0.375. The van der Waals surface area contributed by atoms with Crippen LogP contribution >= 0.6 is 34.8 Å². The van der Waals surface area contributed by atoms with Gasteiger partial charge in [-0.3, -0.25) is 4.79 Å². The van der Waals surface area contributed by atoms with Crippen LogP contribution in [0.5, 0.6) is 0 Å². The van der Waals surface area contributed by atoms with E-state index in [0.717, 1.165) is 42.4 Å². The van der Waals surface area contributed by atoms with E-state index in [1.807, 2.05) is 43.3 Å². The lowest BCUT2D eigenvalue weighted by molar-refractivity contribution is 0.0943. The van der Waals surface area contributed by atoms with Gasteiger partial charge in [-0.2, -0.15) is 4.98 Å². The largest absolute Gasteiger partial charge is 0.362 e. The SMILES string of the molecule is CN(C)c1nc(NC2CCC(CNC(=O)c3c(Cl)cc(Cl)cc3Cl)CC2)nc2ccccc12. The number of anilines is 2. The number of rotatable bonds is 6. The van der Waals surface area contributed by atoms with Crippen molar-refractivity contribution in [1.82, 2.24) is 15.3 Å². The first-order valence-electron chi connectivity index (χ1n) is 10.9. The Bertz CT molecular complexity index is 1140. The van der Waals surface area contributed by atoms with Crippen LogP contribution in [0.2, 0.25) is 15.1 Å². The summed E-state index contributed by atoms with van der Waals surface area (Å²) in [5.74, 6) is 1.68. The normalized spacial score (nSPS) is 18.2. The van der Waals surface area contributed by atoms with Crippen molar-refractivity contribution >= 4 is 63.4 Å². The molecule has 1 aromatic heterocycles. The molecule has 0 radical (unpaired) electrons. The lowest BCUT2D eigenvalue weighted by Gasteiger charge is -2.29. The maximum absolute atomic E-state index is 12.6. The Morgan fingerprint density at radius 2 is 1.70 bits per heavy atom. The highest BCUT2D eigenvalue weighted by atomic mass is 35.5. The molecule has 2 N–H and O–H groups in total. The van der Waals surface area contributed by atoms with Crippen molar-refractivity contribution in [3.8, 4) is 0 Å². The Balaban J connectivity index is 1.33. The van der Waals surface area contributed by atoms with Crippen LogP contribution in [0.15, 0.2) is 36.4 Å². The third-order valence-electron chi connectivity index (χ3n) is 5.97. The van der Waals surface area contributed by atoms with Gasteiger partial charge < -0.3 is 15.5 Å². The minimum atomic E-state index is -0.275. The fourth-order valence-corrected chi connectivity index (χ4v) is 5.23. The quantitative estimate of drug-likeness (QED) is 0.425. The summed E-state index contributed by atoms with van der Waals surface area (Å²) in [6.07, 6.45) is 3.95. The van der Waals surface area contributed by atoms with E-state index in [2.05, 4.69) is 10.6 Å². The summed E-state index contributed by atoms with van der Waals surface area (Å²) in [7, 11) is 3.98. The van der Waals surface area contributed by atoms with Gasteiger partial charge in [0, 0.05) is 37.1 Å². The fourth-order valence-electron chi connectivity index (χ4n) is 4.24. The van der Waals surface area contributed by atoms with E-state index in [1.54, 1.807) is 0 Å². The van der Waals surface area contributed by atoms with Crippen molar-refractivity contribution in [2.45, 2.75) is 31.7 Å². The molecule has 1 saturated carbocycles. The van der Waals surface area contributed by atoms with E-state index in [1.165, 1.54) is 12.1 Å². The summed E-state index contributed by atoms with van der Waals surface area (Å²) >= 11 is 18.3. The number of aromatic nitrogens is 2. The first kappa shape index (κ1) is 23.9. The lowest BCUT2D eigenvalue weighted by atomic mass is 9.86. The average Bonchev–Trinajstić information content (AvgIpc) is 2.77. The molecule has 3 aromatic rings. The molecule has 0 atom stereocenters. The molecule has 2 aromatic carbocycles. The van der Waals surface area contributed by atoms with E-state index >= 15 is 0 Å². The zero-order chi connectivity index (χ0) is 23.5. The second-order valence-corrected chi connectivity index (χ2v) is 9.85. The molecule has 6 nitrogen and oxygen atoms in total. The van der Waals surface area contributed by atoms with Crippen LogP contribution in [0.4, 0.5) is 11.8 Å². The number of benzene rings is 2. The summed E-state index contributed by atoms with van der Waals surface area (Å²) in [4.78, 5) is 24.0. The van der Waals surface area contributed by atoms with Crippen molar-refractivity contribution in [3.05, 3.63) is 57.0 Å². The highest BCUT2D eigenvalue weighted by Gasteiger charge is 2.24. The Kier molecular flexibility index (Phi) is 7.47. The van der Waals surface area contributed by atoms with Gasteiger partial charge in [0.05, 0.1) is 21.1 Å². The first-order chi connectivity index (χ1) is 15.8. The maximum Gasteiger partial charge on any atom is 0.254 e. The summed E-state index contributed by atoms with van der Waals surface area (Å²) in [6, 6.07) is 11.4. The zero-order valence-corrected chi connectivity index (χ0v) is 20.8. The van der Waals surface area contributed by atoms with Crippen LogP contribution in [0.25, 0.3) is 10.9 Å². The van der Waals surface area contributed by atoms with E-state index in [9.17, 15) is 4.79 Å². The summed E-state index contributed by atoms with van der Waals surface area (Å²) in [5, 5.41) is 8.44. The minimum absolute atomic E-state index is 0.255. The van der Waals surface area contributed by atoms with Crippen molar-refractivity contribution in [1.29, 1.82) is 0 Å². The highest BCUT2D eigenvalue weighted by Crippen LogP contribution is 2.30. The average molecular weight is 507 g/mol. The van der Waals surface area contributed by atoms with E-state index in [4.69, 9.17) is 44.8 Å². The number of amides is 1. The molecule has 1 fully saturated rings. The van der Waals surface area contributed by atoms with Gasteiger partial charge in [0.25, 0.3) is 5.91 Å². The topological polar surface area (TPSA) is 70.2 Å². The summed E-state index contributed by atoms with van der Waals surface area (Å²) < 4.78 is 0. The molecule has 1 heterocycles. The second kappa shape index (κ2) is 10.3. The monoisotopic (exact) mass is 505 g/mol. The van der Waals surface area contributed by atoms with Crippen molar-refractivity contribution in [2.24, 2.45) is 5.92 Å². The van der Waals surface area contributed by atoms with E-state index in [0.29, 0.717) is 29.5 Å². The van der Waals surface area contributed by atoms with E-state index < -0.39 is 0 Å². The molecule has 1 aliphatic rings. The van der Waals surface area contributed by atoms with Crippen LogP contribution in [-0.2, 0) is 0 Å². The molecule has 4 rings (SSSR count). The predicted octanol–water partition coefficient (Wildman–Crippen LogP) is 6.06. The molecule has 0 saturated heterocycles. The predicted molar refractivity (Wildman–Crippen MR) is 137 cm³/mol. The summed E-state index contributed by atoms with van der Waals surface area (Å²) in [6.45, 7) is 0.581. The molecular formula is C24H26Cl3N5O. The molecular weight excluding hydrogens is 481 g/mol. The first-order valence-corrected chi connectivity index (χ1v) is 12.1. The van der Waals surface area contributed by atoms with Crippen LogP contribution in [-0.4, -0.2) is 42.6 Å². The van der Waals surface area contributed by atoms with Crippen LogP contribution in [0.1, 0.15) is 36.0 Å². The number of carbonyl (C=O) groups is 1. The van der Waals surface area contributed by atoms with Gasteiger partial charge >= 0.3 is 0 Å². The van der Waals surface area contributed by atoms with Gasteiger partial charge in [0.2, 0.25) is 5.95 Å². The molecule has 33 heavy (non-hydrogen) atoms. The van der Waals surface area contributed by atoms with Gasteiger partial charge in [-0.25, -0.2) is 4.98 Å². The number of nitrogens with zero attached hydrogens (tertiary/aromatic N) is 3. The number of hydrogen-bond acceptors (Lipinski definition) is 5. The van der Waals surface area contributed by atoms with Crippen LogP contribution in [0, 0.1) is 5.92 Å². The maximum atomic E-state index is 12.6. The Morgan fingerprint density at radius 3 is 2.36 bits per heavy atom. The number of para-hydroxylation sites is 1. The number of hydrogen-bond donors (Lipinski definition) is 2. The Labute approximate surface area is 208 Å². The van der Waals surface area contributed by atoms with Gasteiger partial charge in [-0.15, -0.1) is 0 Å². The second-order valence-electron chi connectivity index (χ2n) is 8.60. The van der Waals surface area contributed by atoms with Crippen molar-refractivity contribution in [2.75, 3.05) is 30.9 Å². The Hall–Kier alpha value is -2.28. The number of carbonyl (C=O) groups excluding carboxylic acids is 1. The highest BCUT2D eigenvalue weighted by molar-refractivity contribution is 6.42. The van der Waals surface area contributed by atoms with Gasteiger partial charge in [0.15, 0.2) is 0 Å². The standard InChI is InChI=1S/C24H26Cl3N5O/c1-32(2)22-17-5-3-4-6-20(17)30-24(31-22)29-16-9-7-14(8-10-16)13-28-23(33)21-18(26)11-15(25)12-19(21)27/h3-6,11-12,14,16H,7-10,13H2,1-2H3,(H,28,33)(H,29,30,31). The minimum Gasteiger partial charge on any atom is -0.362 e.